The Labute approximate surface area is 120 Å². The summed E-state index contributed by atoms with van der Waals surface area (Å²) in [6.07, 6.45) is 1.17. The minimum atomic E-state index is -0.340. The topological polar surface area (TPSA) is 47.3 Å². The van der Waals surface area contributed by atoms with Crippen LogP contribution in [-0.2, 0) is 0 Å². The van der Waals surface area contributed by atoms with Crippen molar-refractivity contribution >= 4 is 34.8 Å². The van der Waals surface area contributed by atoms with Crippen LogP contribution in [0.15, 0.2) is 34.9 Å². The number of halogens is 2. The maximum Gasteiger partial charge on any atom is 0.174 e. The van der Waals surface area contributed by atoms with Gasteiger partial charge in [0.1, 0.15) is 5.76 Å². The number of hydrogen-bond donors (Lipinski definition) is 0. The Kier molecular flexibility index (Phi) is 4.08. The van der Waals surface area contributed by atoms with Gasteiger partial charge in [0.2, 0.25) is 0 Å². The highest BCUT2D eigenvalue weighted by atomic mass is 35.5. The molecule has 0 aliphatic heterocycles. The molecule has 19 heavy (non-hydrogen) atoms. The highest BCUT2D eigenvalue weighted by Gasteiger charge is 2.18. The van der Waals surface area contributed by atoms with Crippen molar-refractivity contribution in [3.05, 3.63) is 57.5 Å². The molecule has 1 heterocycles. The fraction of sp³-hybridized carbons (Fsp3) is 0.143. The van der Waals surface area contributed by atoms with Gasteiger partial charge in [-0.1, -0.05) is 23.2 Å². The molecule has 0 atom stereocenters. The van der Waals surface area contributed by atoms with Crippen molar-refractivity contribution in [2.45, 2.75) is 13.3 Å². The van der Waals surface area contributed by atoms with Crippen molar-refractivity contribution in [2.24, 2.45) is 0 Å². The molecule has 0 aliphatic carbocycles. The van der Waals surface area contributed by atoms with Crippen molar-refractivity contribution in [3.8, 4) is 0 Å². The van der Waals surface area contributed by atoms with Gasteiger partial charge in [0.15, 0.2) is 11.6 Å². The van der Waals surface area contributed by atoms with E-state index in [1.165, 1.54) is 18.4 Å². The van der Waals surface area contributed by atoms with Crippen LogP contribution in [0.4, 0.5) is 0 Å². The third kappa shape index (κ3) is 3.06. The fourth-order valence-electron chi connectivity index (χ4n) is 1.73. The summed E-state index contributed by atoms with van der Waals surface area (Å²) in [7, 11) is 0. The van der Waals surface area contributed by atoms with E-state index < -0.39 is 0 Å². The summed E-state index contributed by atoms with van der Waals surface area (Å²) in [6, 6.07) is 6.11. The van der Waals surface area contributed by atoms with Gasteiger partial charge in [-0.2, -0.15) is 0 Å². The van der Waals surface area contributed by atoms with Gasteiger partial charge in [-0.25, -0.2) is 0 Å². The van der Waals surface area contributed by atoms with E-state index in [9.17, 15) is 9.59 Å². The van der Waals surface area contributed by atoms with Gasteiger partial charge >= 0.3 is 0 Å². The maximum absolute atomic E-state index is 12.0. The first-order valence-corrected chi connectivity index (χ1v) is 6.30. The normalized spacial score (nSPS) is 10.5. The molecule has 0 spiro atoms. The van der Waals surface area contributed by atoms with E-state index in [2.05, 4.69) is 0 Å². The molecule has 3 nitrogen and oxygen atoms in total. The van der Waals surface area contributed by atoms with Crippen molar-refractivity contribution in [2.75, 3.05) is 0 Å². The Hall–Kier alpha value is -1.58. The summed E-state index contributed by atoms with van der Waals surface area (Å²) in [4.78, 5) is 24.0. The van der Waals surface area contributed by atoms with Gasteiger partial charge < -0.3 is 4.42 Å². The molecule has 0 unspecified atom stereocenters. The Morgan fingerprint density at radius 1 is 1.11 bits per heavy atom. The van der Waals surface area contributed by atoms with E-state index >= 15 is 0 Å². The van der Waals surface area contributed by atoms with Crippen LogP contribution < -0.4 is 0 Å². The second-order valence-corrected chi connectivity index (χ2v) is 4.88. The zero-order valence-corrected chi connectivity index (χ0v) is 11.6. The van der Waals surface area contributed by atoms with E-state index in [0.29, 0.717) is 21.9 Å². The number of ketones is 2. The number of aryl methyl sites for hydroxylation is 1. The minimum absolute atomic E-state index is 0.245. The van der Waals surface area contributed by atoms with Crippen LogP contribution in [0.2, 0.25) is 10.0 Å². The predicted molar refractivity (Wildman–Crippen MR) is 73.2 cm³/mol. The molecule has 0 N–H and O–H groups in total. The third-order valence-corrected chi connectivity index (χ3v) is 3.26. The zero-order chi connectivity index (χ0) is 14.0. The van der Waals surface area contributed by atoms with E-state index in [0.717, 1.165) is 0 Å². The summed E-state index contributed by atoms with van der Waals surface area (Å²) < 4.78 is 5.04. The van der Waals surface area contributed by atoms with Crippen LogP contribution in [0.3, 0.4) is 0 Å². The number of carbonyl (C=O) groups is 2. The molecule has 2 aromatic rings. The number of benzene rings is 1. The lowest BCUT2D eigenvalue weighted by molar-refractivity contribution is 0.0893. The van der Waals surface area contributed by atoms with Gasteiger partial charge in [-0.3, -0.25) is 9.59 Å². The quantitative estimate of drug-likeness (QED) is 0.622. The second kappa shape index (κ2) is 5.59. The second-order valence-electron chi connectivity index (χ2n) is 4.04. The van der Waals surface area contributed by atoms with Gasteiger partial charge in [-0.15, -0.1) is 0 Å². The number of hydrogen-bond acceptors (Lipinski definition) is 3. The van der Waals surface area contributed by atoms with Crippen LogP contribution in [0.5, 0.6) is 0 Å². The number of carbonyl (C=O) groups excluding carboxylic acids is 2. The highest BCUT2D eigenvalue weighted by molar-refractivity contribution is 6.37. The Morgan fingerprint density at radius 3 is 2.37 bits per heavy atom. The molecule has 0 aliphatic rings. The third-order valence-electron chi connectivity index (χ3n) is 2.71. The standard InChI is InChI=1S/C14H10Cl2O3/c1-8-10(4-5-19-8)13(17)7-14(18)11-3-2-9(15)6-12(11)16/h2-6H,7H2,1H3. The van der Waals surface area contributed by atoms with Crippen molar-refractivity contribution in [1.29, 1.82) is 0 Å². The predicted octanol–water partition coefficient (Wildman–Crippen LogP) is 4.35. The molecule has 0 radical (unpaired) electrons. The Bertz CT molecular complexity index is 644. The molecule has 0 amide bonds. The smallest absolute Gasteiger partial charge is 0.174 e. The molecule has 5 heteroatoms. The van der Waals surface area contributed by atoms with Crippen LogP contribution in [-0.4, -0.2) is 11.6 Å². The van der Waals surface area contributed by atoms with Crippen molar-refractivity contribution < 1.29 is 14.0 Å². The molecular weight excluding hydrogens is 287 g/mol. The molecule has 0 bridgehead atoms. The summed E-state index contributed by atoms with van der Waals surface area (Å²) in [5.74, 6) is -0.130. The van der Waals surface area contributed by atoms with Crippen LogP contribution in [0, 0.1) is 6.92 Å². The minimum Gasteiger partial charge on any atom is -0.469 e. The molecule has 98 valence electrons. The van der Waals surface area contributed by atoms with Crippen LogP contribution in [0.1, 0.15) is 32.9 Å². The largest absolute Gasteiger partial charge is 0.469 e. The van der Waals surface area contributed by atoms with E-state index in [1.807, 2.05) is 0 Å². The van der Waals surface area contributed by atoms with Crippen molar-refractivity contribution in [1.82, 2.24) is 0 Å². The Balaban J connectivity index is 2.18. The lowest BCUT2D eigenvalue weighted by atomic mass is 10.0. The molecule has 0 saturated carbocycles. The molecular formula is C14H10Cl2O3. The van der Waals surface area contributed by atoms with E-state index in [1.54, 1.807) is 19.1 Å². The van der Waals surface area contributed by atoms with Crippen LogP contribution >= 0.6 is 23.2 Å². The highest BCUT2D eigenvalue weighted by Crippen LogP contribution is 2.23. The molecule has 2 rings (SSSR count). The maximum atomic E-state index is 12.0. The summed E-state index contributed by atoms with van der Waals surface area (Å²) in [5, 5.41) is 0.688. The first-order chi connectivity index (χ1) is 8.99. The summed E-state index contributed by atoms with van der Waals surface area (Å²) in [6.45, 7) is 1.67. The monoisotopic (exact) mass is 296 g/mol. The lowest BCUT2D eigenvalue weighted by Gasteiger charge is -2.03. The average molecular weight is 297 g/mol. The van der Waals surface area contributed by atoms with Crippen molar-refractivity contribution in [3.63, 3.8) is 0 Å². The molecule has 1 aromatic heterocycles. The summed E-state index contributed by atoms with van der Waals surface area (Å²) in [5.41, 5.74) is 0.707. The zero-order valence-electron chi connectivity index (χ0n) is 10.1. The molecule has 0 fully saturated rings. The lowest BCUT2D eigenvalue weighted by Crippen LogP contribution is -2.09. The fourth-order valence-corrected chi connectivity index (χ4v) is 2.24. The summed E-state index contributed by atoms with van der Waals surface area (Å²) >= 11 is 11.7. The Morgan fingerprint density at radius 2 is 1.79 bits per heavy atom. The first-order valence-electron chi connectivity index (χ1n) is 5.54. The SMILES string of the molecule is Cc1occc1C(=O)CC(=O)c1ccc(Cl)cc1Cl. The number of Topliss-reactive ketones (excluding diaryl/α,β-unsaturated/α-hetero) is 2. The van der Waals surface area contributed by atoms with Gasteiger partial charge in [-0.05, 0) is 31.2 Å². The number of furan rings is 1. The van der Waals surface area contributed by atoms with E-state index in [4.69, 9.17) is 27.6 Å². The molecule has 1 aromatic carbocycles. The molecule has 0 saturated heterocycles. The van der Waals surface area contributed by atoms with Gasteiger partial charge in [0, 0.05) is 10.6 Å². The first kappa shape index (κ1) is 13.8. The van der Waals surface area contributed by atoms with E-state index in [-0.39, 0.29) is 23.0 Å². The van der Waals surface area contributed by atoms with Gasteiger partial charge in [0.25, 0.3) is 0 Å². The van der Waals surface area contributed by atoms with Gasteiger partial charge in [0.05, 0.1) is 23.3 Å². The average Bonchev–Trinajstić information content (AvgIpc) is 2.75. The number of rotatable bonds is 4. The van der Waals surface area contributed by atoms with Crippen LogP contribution in [0.25, 0.3) is 0 Å².